The van der Waals surface area contributed by atoms with Gasteiger partial charge in [-0.3, -0.25) is 9.59 Å². The minimum Gasteiger partial charge on any atom is -0.325 e. The Labute approximate surface area is 144 Å². The van der Waals surface area contributed by atoms with Crippen LogP contribution in [0.15, 0.2) is 46.9 Å². The van der Waals surface area contributed by atoms with Crippen LogP contribution in [0.2, 0.25) is 0 Å². The Balaban J connectivity index is 2.16. The minimum absolute atomic E-state index is 0.0221. The molecule has 23 heavy (non-hydrogen) atoms. The van der Waals surface area contributed by atoms with E-state index in [0.29, 0.717) is 0 Å². The van der Waals surface area contributed by atoms with E-state index in [4.69, 9.17) is 0 Å². The summed E-state index contributed by atoms with van der Waals surface area (Å²) in [6.45, 7) is 5.31. The molecule has 0 radical (unpaired) electrons. The van der Waals surface area contributed by atoms with Crippen molar-refractivity contribution in [2.75, 3.05) is 16.8 Å². The van der Waals surface area contributed by atoms with Crippen LogP contribution >= 0.6 is 15.9 Å². The van der Waals surface area contributed by atoms with E-state index < -0.39 is 0 Å². The lowest BCUT2D eigenvalue weighted by Gasteiger charge is -2.22. The second kappa shape index (κ2) is 7.42. The number of benzene rings is 2. The summed E-state index contributed by atoms with van der Waals surface area (Å²) >= 11 is 3.40. The van der Waals surface area contributed by atoms with E-state index in [1.807, 2.05) is 56.3 Å². The summed E-state index contributed by atoms with van der Waals surface area (Å²) in [5.41, 5.74) is 3.46. The molecule has 2 rings (SSSR count). The maximum absolute atomic E-state index is 12.3. The van der Waals surface area contributed by atoms with E-state index in [1.54, 1.807) is 0 Å². The lowest BCUT2D eigenvalue weighted by Crippen LogP contribution is -2.37. The first-order valence-electron chi connectivity index (χ1n) is 7.27. The number of amides is 2. The van der Waals surface area contributed by atoms with E-state index in [2.05, 4.69) is 21.2 Å². The number of carbonyl (C=O) groups excluding carboxylic acids is 2. The van der Waals surface area contributed by atoms with E-state index in [1.165, 1.54) is 11.8 Å². The molecule has 1 N–H and O–H groups in total. The first kappa shape index (κ1) is 17.2. The van der Waals surface area contributed by atoms with Gasteiger partial charge in [0.15, 0.2) is 0 Å². The van der Waals surface area contributed by atoms with Crippen molar-refractivity contribution in [2.45, 2.75) is 20.8 Å². The molecule has 0 aliphatic heterocycles. The van der Waals surface area contributed by atoms with Gasteiger partial charge in [-0.05, 0) is 55.3 Å². The molecule has 0 heterocycles. The normalized spacial score (nSPS) is 10.3. The zero-order chi connectivity index (χ0) is 17.0. The molecule has 4 nitrogen and oxygen atoms in total. The van der Waals surface area contributed by atoms with Gasteiger partial charge in [0.05, 0.1) is 0 Å². The Morgan fingerprint density at radius 2 is 1.87 bits per heavy atom. The fourth-order valence-corrected chi connectivity index (χ4v) is 2.83. The summed E-state index contributed by atoms with van der Waals surface area (Å²) in [4.78, 5) is 25.7. The number of hydrogen-bond donors (Lipinski definition) is 1. The third-order valence-corrected chi connectivity index (χ3v) is 3.93. The number of nitrogens with zero attached hydrogens (tertiary/aromatic N) is 1. The number of aryl methyl sites for hydroxylation is 2. The molecule has 2 amide bonds. The minimum atomic E-state index is -0.229. The van der Waals surface area contributed by atoms with Crippen LogP contribution in [0.4, 0.5) is 11.4 Å². The molecule has 0 saturated heterocycles. The molecule has 0 fully saturated rings. The Bertz CT molecular complexity index is 744. The molecule has 2 aromatic carbocycles. The van der Waals surface area contributed by atoms with E-state index >= 15 is 0 Å². The number of anilines is 2. The van der Waals surface area contributed by atoms with Gasteiger partial charge in [-0.1, -0.05) is 28.1 Å². The summed E-state index contributed by atoms with van der Waals surface area (Å²) in [5.74, 6) is -0.400. The number of rotatable bonds is 4. The average molecular weight is 375 g/mol. The average Bonchev–Trinajstić information content (AvgIpc) is 2.45. The van der Waals surface area contributed by atoms with Gasteiger partial charge in [0.25, 0.3) is 0 Å². The van der Waals surface area contributed by atoms with Crippen molar-refractivity contribution in [1.29, 1.82) is 0 Å². The topological polar surface area (TPSA) is 49.4 Å². The zero-order valence-electron chi connectivity index (χ0n) is 13.4. The van der Waals surface area contributed by atoms with E-state index in [0.717, 1.165) is 27.0 Å². The third kappa shape index (κ3) is 4.66. The summed E-state index contributed by atoms with van der Waals surface area (Å²) in [5, 5.41) is 2.83. The molecule has 0 aliphatic rings. The van der Waals surface area contributed by atoms with Crippen LogP contribution in [0.3, 0.4) is 0 Å². The van der Waals surface area contributed by atoms with Gasteiger partial charge < -0.3 is 10.2 Å². The summed E-state index contributed by atoms with van der Waals surface area (Å²) in [7, 11) is 0. The van der Waals surface area contributed by atoms with Gasteiger partial charge >= 0.3 is 0 Å². The standard InChI is InChI=1S/C18H19BrN2O2/c1-12-5-4-6-16(9-12)20-18(23)11-21(14(3)22)17-8-7-15(19)10-13(17)2/h4-10H,11H2,1-3H3,(H,20,23). The maximum Gasteiger partial charge on any atom is 0.244 e. The van der Waals surface area contributed by atoms with Gasteiger partial charge in [-0.15, -0.1) is 0 Å². The molecule has 5 heteroatoms. The fourth-order valence-electron chi connectivity index (χ4n) is 2.35. The molecule has 0 bridgehead atoms. The first-order valence-corrected chi connectivity index (χ1v) is 8.07. The maximum atomic E-state index is 12.3. The lowest BCUT2D eigenvalue weighted by atomic mass is 10.1. The van der Waals surface area contributed by atoms with Crippen molar-refractivity contribution in [1.82, 2.24) is 0 Å². The highest BCUT2D eigenvalue weighted by Crippen LogP contribution is 2.24. The zero-order valence-corrected chi connectivity index (χ0v) is 15.0. The molecular formula is C18H19BrN2O2. The van der Waals surface area contributed by atoms with E-state index in [-0.39, 0.29) is 18.4 Å². The molecule has 0 atom stereocenters. The van der Waals surface area contributed by atoms with Crippen LogP contribution < -0.4 is 10.2 Å². The molecule has 2 aromatic rings. The molecule has 0 aliphatic carbocycles. The van der Waals surface area contributed by atoms with Gasteiger partial charge in [-0.25, -0.2) is 0 Å². The third-order valence-electron chi connectivity index (χ3n) is 3.43. The molecule has 0 aromatic heterocycles. The summed E-state index contributed by atoms with van der Waals surface area (Å²) < 4.78 is 0.937. The van der Waals surface area contributed by atoms with Crippen LogP contribution in [-0.4, -0.2) is 18.4 Å². The van der Waals surface area contributed by atoms with Gasteiger partial charge in [0.2, 0.25) is 11.8 Å². The van der Waals surface area contributed by atoms with Crippen molar-refractivity contribution in [3.05, 3.63) is 58.1 Å². The van der Waals surface area contributed by atoms with Gasteiger partial charge in [0, 0.05) is 22.8 Å². The largest absolute Gasteiger partial charge is 0.325 e. The highest BCUT2D eigenvalue weighted by molar-refractivity contribution is 9.10. The first-order chi connectivity index (χ1) is 10.9. The SMILES string of the molecule is CC(=O)N(CC(=O)Nc1cccc(C)c1)c1ccc(Br)cc1C. The second-order valence-electron chi connectivity index (χ2n) is 5.45. The summed E-state index contributed by atoms with van der Waals surface area (Å²) in [6.07, 6.45) is 0. The molecule has 0 saturated carbocycles. The Morgan fingerprint density at radius 1 is 1.13 bits per heavy atom. The number of carbonyl (C=O) groups is 2. The Morgan fingerprint density at radius 3 is 2.48 bits per heavy atom. The van der Waals surface area contributed by atoms with Crippen LogP contribution in [0.1, 0.15) is 18.1 Å². The van der Waals surface area contributed by atoms with Crippen molar-refractivity contribution >= 4 is 39.1 Å². The molecular weight excluding hydrogens is 356 g/mol. The van der Waals surface area contributed by atoms with Crippen molar-refractivity contribution in [2.24, 2.45) is 0 Å². The smallest absolute Gasteiger partial charge is 0.244 e. The van der Waals surface area contributed by atoms with Crippen LogP contribution in [-0.2, 0) is 9.59 Å². The van der Waals surface area contributed by atoms with E-state index in [9.17, 15) is 9.59 Å². The van der Waals surface area contributed by atoms with Crippen molar-refractivity contribution < 1.29 is 9.59 Å². The fraction of sp³-hybridized carbons (Fsp3) is 0.222. The predicted octanol–water partition coefficient (Wildman–Crippen LogP) is 4.06. The van der Waals surface area contributed by atoms with Crippen molar-refractivity contribution in [3.8, 4) is 0 Å². The highest BCUT2D eigenvalue weighted by atomic mass is 79.9. The van der Waals surface area contributed by atoms with Crippen LogP contribution in [0.5, 0.6) is 0 Å². The van der Waals surface area contributed by atoms with Gasteiger partial charge in [0.1, 0.15) is 6.54 Å². The summed E-state index contributed by atoms with van der Waals surface area (Å²) in [6, 6.07) is 13.2. The Hall–Kier alpha value is -2.14. The number of halogens is 1. The Kier molecular flexibility index (Phi) is 5.55. The van der Waals surface area contributed by atoms with Gasteiger partial charge in [-0.2, -0.15) is 0 Å². The molecule has 0 spiro atoms. The van der Waals surface area contributed by atoms with Crippen LogP contribution in [0, 0.1) is 13.8 Å². The number of hydrogen-bond acceptors (Lipinski definition) is 2. The second-order valence-corrected chi connectivity index (χ2v) is 6.37. The molecule has 120 valence electrons. The lowest BCUT2D eigenvalue weighted by molar-refractivity contribution is -0.120. The van der Waals surface area contributed by atoms with Crippen LogP contribution in [0.25, 0.3) is 0 Å². The molecule has 0 unspecified atom stereocenters. The highest BCUT2D eigenvalue weighted by Gasteiger charge is 2.17. The van der Waals surface area contributed by atoms with Crippen molar-refractivity contribution in [3.63, 3.8) is 0 Å². The predicted molar refractivity (Wildman–Crippen MR) is 96.7 cm³/mol. The number of nitrogens with one attached hydrogen (secondary N) is 1. The quantitative estimate of drug-likeness (QED) is 0.876. The monoisotopic (exact) mass is 374 g/mol.